The van der Waals surface area contributed by atoms with Crippen molar-refractivity contribution in [3.05, 3.63) is 94.6 Å². The van der Waals surface area contributed by atoms with E-state index in [0.717, 1.165) is 43.0 Å². The van der Waals surface area contributed by atoms with Gasteiger partial charge in [-0.25, -0.2) is 0 Å². The number of ketones is 2. The van der Waals surface area contributed by atoms with Gasteiger partial charge in [-0.05, 0) is 88.1 Å². The van der Waals surface area contributed by atoms with Crippen LogP contribution in [0.15, 0.2) is 60.8 Å². The topological polar surface area (TPSA) is 90.2 Å². The Morgan fingerprint density at radius 3 is 2.24 bits per heavy atom. The Labute approximate surface area is 265 Å². The van der Waals surface area contributed by atoms with Crippen molar-refractivity contribution in [2.24, 2.45) is 10.8 Å². The number of ether oxygens (including phenoxy) is 2. The van der Waals surface area contributed by atoms with Gasteiger partial charge >= 0.3 is 5.97 Å². The van der Waals surface area contributed by atoms with E-state index in [0.29, 0.717) is 33.7 Å². The van der Waals surface area contributed by atoms with E-state index in [1.165, 1.54) is 7.11 Å². The first-order valence-corrected chi connectivity index (χ1v) is 15.6. The number of fused-ring (bicyclic) bond motifs is 1. The lowest BCUT2D eigenvalue weighted by molar-refractivity contribution is -0.150. The molecule has 0 bridgehead atoms. The second-order valence-corrected chi connectivity index (χ2v) is 13.6. The van der Waals surface area contributed by atoms with Crippen molar-refractivity contribution in [3.63, 3.8) is 0 Å². The van der Waals surface area contributed by atoms with Crippen molar-refractivity contribution in [1.29, 1.82) is 0 Å². The summed E-state index contributed by atoms with van der Waals surface area (Å²) in [4.78, 5) is 48.4. The Kier molecular flexibility index (Phi) is 8.88. The van der Waals surface area contributed by atoms with E-state index < -0.39 is 16.8 Å². The minimum atomic E-state index is -1.00. The van der Waals surface area contributed by atoms with Gasteiger partial charge < -0.3 is 18.8 Å². The quantitative estimate of drug-likeness (QED) is 0.141. The molecule has 8 heteroatoms. The Bertz CT molecular complexity index is 1740. The molecule has 0 atom stereocenters. The second kappa shape index (κ2) is 12.5. The molecule has 5 rings (SSSR count). The summed E-state index contributed by atoms with van der Waals surface area (Å²) >= 11 is 0. The van der Waals surface area contributed by atoms with Gasteiger partial charge in [0.05, 0.1) is 29.4 Å². The van der Waals surface area contributed by atoms with E-state index in [9.17, 15) is 14.4 Å². The highest BCUT2D eigenvalue weighted by atomic mass is 16.5. The molecule has 4 aromatic rings. The average molecular weight is 610 g/mol. The summed E-state index contributed by atoms with van der Waals surface area (Å²) in [5.41, 5.74) is 3.36. The molecule has 0 saturated carbocycles. The van der Waals surface area contributed by atoms with E-state index in [2.05, 4.69) is 9.88 Å². The lowest BCUT2D eigenvalue weighted by atomic mass is 9.79. The maximum absolute atomic E-state index is 14.5. The minimum Gasteiger partial charge on any atom is -0.487 e. The van der Waals surface area contributed by atoms with E-state index in [4.69, 9.17) is 9.47 Å². The third-order valence-corrected chi connectivity index (χ3v) is 8.42. The van der Waals surface area contributed by atoms with Crippen molar-refractivity contribution in [3.8, 4) is 5.75 Å². The summed E-state index contributed by atoms with van der Waals surface area (Å²) in [6.45, 7) is 13.3. The van der Waals surface area contributed by atoms with Crippen LogP contribution in [0.4, 0.5) is 5.69 Å². The van der Waals surface area contributed by atoms with Crippen LogP contribution in [0.3, 0.4) is 0 Å². The van der Waals surface area contributed by atoms with Crippen LogP contribution in [0.25, 0.3) is 5.52 Å². The van der Waals surface area contributed by atoms with Gasteiger partial charge in [-0.2, -0.15) is 0 Å². The Morgan fingerprint density at radius 2 is 1.62 bits per heavy atom. The van der Waals surface area contributed by atoms with Crippen molar-refractivity contribution in [1.82, 2.24) is 9.38 Å². The normalized spacial score (nSPS) is 13.7. The summed E-state index contributed by atoms with van der Waals surface area (Å²) in [5, 5.41) is 0. The van der Waals surface area contributed by atoms with Gasteiger partial charge in [-0.3, -0.25) is 19.4 Å². The molecule has 236 valence electrons. The zero-order chi connectivity index (χ0) is 32.5. The zero-order valence-electron chi connectivity index (χ0n) is 27.4. The van der Waals surface area contributed by atoms with Crippen LogP contribution >= 0.6 is 0 Å². The third kappa shape index (κ3) is 6.65. The first-order chi connectivity index (χ1) is 21.3. The maximum Gasteiger partial charge on any atom is 0.311 e. The molecule has 0 unspecified atom stereocenters. The lowest BCUT2D eigenvalue weighted by Crippen LogP contribution is -2.30. The number of benzene rings is 1. The molecule has 1 fully saturated rings. The number of nitrogens with zero attached hydrogens (tertiary/aromatic N) is 3. The number of pyridine rings is 2. The Balaban J connectivity index is 1.67. The molecule has 45 heavy (non-hydrogen) atoms. The number of hydrogen-bond donors (Lipinski definition) is 0. The number of hydrogen-bond acceptors (Lipinski definition) is 7. The lowest BCUT2D eigenvalue weighted by Gasteiger charge is -2.24. The standard InChI is InChI=1S/C37H43N3O5/c1-24-11-10-12-26(38-24)23-45-28-17-20-40-30(21-28)31(34(42)36(2,3)4)29(22-37(5,6)35(43)44-7)32(40)33(41)25-13-15-27(16-14-25)39-18-8-9-19-39/h10-17,20-21H,8-9,18-19,22-23H2,1-7H3. The SMILES string of the molecule is COC(=O)C(C)(C)Cc1c(C(=O)C(C)(C)C)c2cc(OCc3cccc(C)n3)ccn2c1C(=O)c1ccc(N2CCCC2)cc1. The number of aryl methyl sites for hydroxylation is 1. The molecule has 0 radical (unpaired) electrons. The van der Waals surface area contributed by atoms with Gasteiger partial charge in [0.1, 0.15) is 12.4 Å². The molecular formula is C37H43N3O5. The van der Waals surface area contributed by atoms with Crippen LogP contribution in [0.1, 0.15) is 90.8 Å². The van der Waals surface area contributed by atoms with Crippen LogP contribution in [-0.4, -0.2) is 47.1 Å². The molecule has 3 aromatic heterocycles. The number of carbonyl (C=O) groups excluding carboxylic acids is 3. The Morgan fingerprint density at radius 1 is 0.933 bits per heavy atom. The molecule has 4 heterocycles. The minimum absolute atomic E-state index is 0.128. The monoisotopic (exact) mass is 609 g/mol. The molecule has 1 aliphatic heterocycles. The van der Waals surface area contributed by atoms with E-state index in [1.807, 2.05) is 70.2 Å². The van der Waals surface area contributed by atoms with Gasteiger partial charge in [0.15, 0.2) is 5.78 Å². The average Bonchev–Trinajstić information content (AvgIpc) is 3.65. The van der Waals surface area contributed by atoms with Gasteiger partial charge in [-0.15, -0.1) is 0 Å². The van der Waals surface area contributed by atoms with Crippen molar-refractivity contribution < 1.29 is 23.9 Å². The van der Waals surface area contributed by atoms with Gasteiger partial charge in [0.25, 0.3) is 0 Å². The van der Waals surface area contributed by atoms with E-state index in [-0.39, 0.29) is 24.6 Å². The summed E-state index contributed by atoms with van der Waals surface area (Å²) in [6, 6.07) is 17.0. The third-order valence-electron chi connectivity index (χ3n) is 8.42. The van der Waals surface area contributed by atoms with Gasteiger partial charge in [0.2, 0.25) is 5.78 Å². The smallest absolute Gasteiger partial charge is 0.311 e. The van der Waals surface area contributed by atoms with Crippen LogP contribution in [0.2, 0.25) is 0 Å². The first-order valence-electron chi connectivity index (χ1n) is 15.6. The fourth-order valence-electron chi connectivity index (χ4n) is 5.99. The fourth-order valence-corrected chi connectivity index (χ4v) is 5.99. The summed E-state index contributed by atoms with van der Waals surface area (Å²) in [6.07, 6.45) is 4.23. The molecule has 1 saturated heterocycles. The summed E-state index contributed by atoms with van der Waals surface area (Å²) < 4.78 is 13.0. The first kappa shape index (κ1) is 31.9. The molecule has 0 N–H and O–H groups in total. The fraction of sp³-hybridized carbons (Fsp3) is 0.405. The number of aromatic nitrogens is 2. The van der Waals surface area contributed by atoms with Gasteiger partial charge in [-0.1, -0.05) is 26.8 Å². The number of methoxy groups -OCH3 is 1. The van der Waals surface area contributed by atoms with Crippen LogP contribution < -0.4 is 9.64 Å². The number of rotatable bonds is 10. The molecule has 8 nitrogen and oxygen atoms in total. The molecule has 1 aromatic carbocycles. The molecule has 0 aliphatic carbocycles. The summed E-state index contributed by atoms with van der Waals surface area (Å²) in [7, 11) is 1.35. The zero-order valence-corrected chi connectivity index (χ0v) is 27.4. The number of esters is 1. The number of Topliss-reactive ketones (excluding diaryl/α,β-unsaturated/α-hetero) is 1. The molecule has 0 spiro atoms. The highest BCUT2D eigenvalue weighted by molar-refractivity contribution is 6.15. The van der Waals surface area contributed by atoms with Crippen molar-refractivity contribution >= 4 is 28.7 Å². The number of anilines is 1. The number of carbonyl (C=O) groups is 3. The predicted octanol–water partition coefficient (Wildman–Crippen LogP) is 7.02. The Hall–Kier alpha value is -4.46. The maximum atomic E-state index is 14.5. The molecule has 0 amide bonds. The van der Waals surface area contributed by atoms with Crippen LogP contribution in [0, 0.1) is 17.8 Å². The van der Waals surface area contributed by atoms with E-state index >= 15 is 0 Å². The second-order valence-electron chi connectivity index (χ2n) is 13.6. The van der Waals surface area contributed by atoms with E-state index in [1.54, 1.807) is 36.6 Å². The highest BCUT2D eigenvalue weighted by Crippen LogP contribution is 2.37. The molecule has 1 aliphatic rings. The van der Waals surface area contributed by atoms with Crippen LogP contribution in [0.5, 0.6) is 5.75 Å². The summed E-state index contributed by atoms with van der Waals surface area (Å²) in [5.74, 6) is -0.232. The van der Waals surface area contributed by atoms with Gasteiger partial charge in [0, 0.05) is 53.3 Å². The largest absolute Gasteiger partial charge is 0.487 e. The van der Waals surface area contributed by atoms with Crippen molar-refractivity contribution in [2.45, 2.75) is 67.4 Å². The highest BCUT2D eigenvalue weighted by Gasteiger charge is 2.38. The van der Waals surface area contributed by atoms with Crippen LogP contribution in [-0.2, 0) is 22.6 Å². The van der Waals surface area contributed by atoms with Crippen molar-refractivity contribution in [2.75, 3.05) is 25.1 Å². The molecular weight excluding hydrogens is 566 g/mol. The predicted molar refractivity (Wildman–Crippen MR) is 175 cm³/mol.